The van der Waals surface area contributed by atoms with Crippen LogP contribution in [0.5, 0.6) is 0 Å². The summed E-state index contributed by atoms with van der Waals surface area (Å²) < 4.78 is 9.83. The van der Waals surface area contributed by atoms with E-state index in [1.54, 1.807) is 0 Å². The first kappa shape index (κ1) is 9.48. The molecule has 0 spiro atoms. The van der Waals surface area contributed by atoms with Gasteiger partial charge in [0, 0.05) is 6.61 Å². The lowest BCUT2D eigenvalue weighted by Crippen LogP contribution is -2.34. The highest BCUT2D eigenvalue weighted by Gasteiger charge is 2.22. The molecule has 1 aliphatic rings. The zero-order valence-electron chi connectivity index (χ0n) is 7.29. The van der Waals surface area contributed by atoms with Gasteiger partial charge in [-0.25, -0.2) is 0 Å². The Kier molecular flexibility index (Phi) is 3.49. The van der Waals surface area contributed by atoms with E-state index >= 15 is 0 Å². The summed E-state index contributed by atoms with van der Waals surface area (Å²) in [6.07, 6.45) is 2.80. The minimum Gasteiger partial charge on any atom is -0.468 e. The van der Waals surface area contributed by atoms with E-state index in [4.69, 9.17) is 10.5 Å². The highest BCUT2D eigenvalue weighted by atomic mass is 16.5. The fourth-order valence-corrected chi connectivity index (χ4v) is 1.36. The average molecular weight is 173 g/mol. The predicted molar refractivity (Wildman–Crippen MR) is 43.6 cm³/mol. The average Bonchev–Trinajstić information content (AvgIpc) is 2.55. The summed E-state index contributed by atoms with van der Waals surface area (Å²) in [5, 5.41) is 0. The summed E-state index contributed by atoms with van der Waals surface area (Å²) in [5.74, 6) is -0.356. The lowest BCUT2D eigenvalue weighted by Gasteiger charge is -2.13. The first-order valence-corrected chi connectivity index (χ1v) is 4.19. The van der Waals surface area contributed by atoms with Crippen LogP contribution in [-0.4, -0.2) is 31.8 Å². The Bertz CT molecular complexity index is 154. The van der Waals surface area contributed by atoms with E-state index in [2.05, 4.69) is 4.74 Å². The lowest BCUT2D eigenvalue weighted by atomic mass is 10.1. The fraction of sp³-hybridized carbons (Fsp3) is 0.875. The number of carbonyl (C=O) groups excluding carboxylic acids is 1. The summed E-state index contributed by atoms with van der Waals surface area (Å²) in [6.45, 7) is 0.790. The van der Waals surface area contributed by atoms with Crippen molar-refractivity contribution in [2.75, 3.05) is 13.7 Å². The van der Waals surface area contributed by atoms with Crippen molar-refractivity contribution in [2.24, 2.45) is 5.73 Å². The molecule has 70 valence electrons. The van der Waals surface area contributed by atoms with E-state index in [-0.39, 0.29) is 12.1 Å². The van der Waals surface area contributed by atoms with Crippen molar-refractivity contribution in [2.45, 2.75) is 31.4 Å². The molecule has 0 radical (unpaired) electrons. The van der Waals surface area contributed by atoms with E-state index in [1.165, 1.54) is 7.11 Å². The first-order valence-electron chi connectivity index (χ1n) is 4.19. The zero-order chi connectivity index (χ0) is 8.97. The van der Waals surface area contributed by atoms with Gasteiger partial charge in [0.1, 0.15) is 6.04 Å². The number of hydrogen-bond acceptors (Lipinski definition) is 4. The number of rotatable bonds is 3. The van der Waals surface area contributed by atoms with Gasteiger partial charge in [-0.3, -0.25) is 4.79 Å². The molecule has 0 aromatic heterocycles. The van der Waals surface area contributed by atoms with E-state index in [0.29, 0.717) is 6.42 Å². The number of ether oxygens (including phenoxy) is 2. The van der Waals surface area contributed by atoms with Gasteiger partial charge in [-0.1, -0.05) is 0 Å². The third kappa shape index (κ3) is 2.46. The number of nitrogens with two attached hydrogens (primary N) is 1. The second-order valence-electron chi connectivity index (χ2n) is 3.00. The Labute approximate surface area is 72.0 Å². The third-order valence-electron chi connectivity index (χ3n) is 2.04. The second kappa shape index (κ2) is 4.42. The van der Waals surface area contributed by atoms with Crippen LogP contribution in [0.15, 0.2) is 0 Å². The van der Waals surface area contributed by atoms with Crippen LogP contribution in [0.2, 0.25) is 0 Å². The molecule has 0 aliphatic carbocycles. The van der Waals surface area contributed by atoms with Gasteiger partial charge in [0.15, 0.2) is 0 Å². The van der Waals surface area contributed by atoms with Gasteiger partial charge >= 0.3 is 5.97 Å². The quantitative estimate of drug-likeness (QED) is 0.613. The molecular formula is C8H15NO3. The molecule has 0 bridgehead atoms. The standard InChI is InChI=1S/C8H15NO3/c1-11-8(10)7(9)5-6-3-2-4-12-6/h6-7H,2-5,9H2,1H3/t6-,7?/m1/s1. The highest BCUT2D eigenvalue weighted by Crippen LogP contribution is 2.16. The molecule has 1 aliphatic heterocycles. The van der Waals surface area contributed by atoms with E-state index < -0.39 is 6.04 Å². The SMILES string of the molecule is COC(=O)C(N)C[C@H]1CCCO1. The Hall–Kier alpha value is -0.610. The smallest absolute Gasteiger partial charge is 0.322 e. The maximum atomic E-state index is 10.9. The maximum Gasteiger partial charge on any atom is 0.322 e. The molecular weight excluding hydrogens is 158 g/mol. The van der Waals surface area contributed by atoms with Gasteiger partial charge in [-0.15, -0.1) is 0 Å². The van der Waals surface area contributed by atoms with Crippen molar-refractivity contribution in [3.8, 4) is 0 Å². The van der Waals surface area contributed by atoms with Crippen LogP contribution >= 0.6 is 0 Å². The van der Waals surface area contributed by atoms with Crippen molar-refractivity contribution < 1.29 is 14.3 Å². The summed E-state index contributed by atoms with van der Waals surface area (Å²) in [5.41, 5.74) is 5.55. The molecule has 1 unspecified atom stereocenters. The molecule has 2 atom stereocenters. The monoisotopic (exact) mass is 173 g/mol. The number of hydrogen-bond donors (Lipinski definition) is 1. The molecule has 1 heterocycles. The molecule has 4 nitrogen and oxygen atoms in total. The summed E-state index contributed by atoms with van der Waals surface area (Å²) in [4.78, 5) is 10.9. The number of esters is 1. The molecule has 4 heteroatoms. The molecule has 0 saturated carbocycles. The summed E-state index contributed by atoms with van der Waals surface area (Å²) in [7, 11) is 1.34. The summed E-state index contributed by atoms with van der Waals surface area (Å²) >= 11 is 0. The fourth-order valence-electron chi connectivity index (χ4n) is 1.36. The van der Waals surface area contributed by atoms with Crippen LogP contribution < -0.4 is 5.73 Å². The van der Waals surface area contributed by atoms with Crippen molar-refractivity contribution in [3.63, 3.8) is 0 Å². The van der Waals surface area contributed by atoms with Crippen molar-refractivity contribution >= 4 is 5.97 Å². The van der Waals surface area contributed by atoms with Gasteiger partial charge < -0.3 is 15.2 Å². The van der Waals surface area contributed by atoms with Crippen LogP contribution in [-0.2, 0) is 14.3 Å². The minimum absolute atomic E-state index is 0.152. The molecule has 0 aromatic carbocycles. The molecule has 0 amide bonds. The Morgan fingerprint density at radius 1 is 1.83 bits per heavy atom. The van der Waals surface area contributed by atoms with Crippen molar-refractivity contribution in [1.29, 1.82) is 0 Å². The van der Waals surface area contributed by atoms with E-state index in [1.807, 2.05) is 0 Å². The van der Waals surface area contributed by atoms with Gasteiger partial charge in [0.2, 0.25) is 0 Å². The minimum atomic E-state index is -0.530. The lowest BCUT2D eigenvalue weighted by molar-refractivity contribution is -0.143. The maximum absolute atomic E-state index is 10.9. The van der Waals surface area contributed by atoms with Crippen LogP contribution in [0.1, 0.15) is 19.3 Å². The topological polar surface area (TPSA) is 61.5 Å². The molecule has 1 rings (SSSR count). The molecule has 12 heavy (non-hydrogen) atoms. The van der Waals surface area contributed by atoms with Gasteiger partial charge in [0.05, 0.1) is 13.2 Å². The summed E-state index contributed by atoms with van der Waals surface area (Å²) in [6, 6.07) is -0.530. The zero-order valence-corrected chi connectivity index (χ0v) is 7.29. The van der Waals surface area contributed by atoms with Crippen molar-refractivity contribution in [1.82, 2.24) is 0 Å². The Balaban J connectivity index is 2.24. The largest absolute Gasteiger partial charge is 0.468 e. The number of carbonyl (C=O) groups is 1. The highest BCUT2D eigenvalue weighted by molar-refractivity contribution is 5.75. The Morgan fingerprint density at radius 2 is 2.58 bits per heavy atom. The molecule has 1 fully saturated rings. The number of methoxy groups -OCH3 is 1. The van der Waals surface area contributed by atoms with Crippen LogP contribution in [0, 0.1) is 0 Å². The predicted octanol–water partition coefficient (Wildman–Crippen LogP) is 0.0558. The van der Waals surface area contributed by atoms with E-state index in [0.717, 1.165) is 19.4 Å². The van der Waals surface area contributed by atoms with Crippen LogP contribution in [0.4, 0.5) is 0 Å². The van der Waals surface area contributed by atoms with Gasteiger partial charge in [-0.05, 0) is 19.3 Å². The normalized spacial score (nSPS) is 25.3. The van der Waals surface area contributed by atoms with Gasteiger partial charge in [0.25, 0.3) is 0 Å². The van der Waals surface area contributed by atoms with Crippen molar-refractivity contribution in [3.05, 3.63) is 0 Å². The molecule has 2 N–H and O–H groups in total. The molecule has 0 aromatic rings. The second-order valence-corrected chi connectivity index (χ2v) is 3.00. The first-order chi connectivity index (χ1) is 5.74. The Morgan fingerprint density at radius 3 is 3.08 bits per heavy atom. The van der Waals surface area contributed by atoms with E-state index in [9.17, 15) is 4.79 Å². The third-order valence-corrected chi connectivity index (χ3v) is 2.04. The molecule has 1 saturated heterocycles. The van der Waals surface area contributed by atoms with Crippen LogP contribution in [0.3, 0.4) is 0 Å². The van der Waals surface area contributed by atoms with Crippen LogP contribution in [0.25, 0.3) is 0 Å². The van der Waals surface area contributed by atoms with Gasteiger partial charge in [-0.2, -0.15) is 0 Å².